The van der Waals surface area contributed by atoms with Crippen LogP contribution in [0.5, 0.6) is 5.75 Å². The summed E-state index contributed by atoms with van der Waals surface area (Å²) in [6.45, 7) is 3.47. The van der Waals surface area contributed by atoms with Crippen LogP contribution < -0.4 is 4.74 Å². The molecule has 0 aliphatic carbocycles. The van der Waals surface area contributed by atoms with E-state index in [4.69, 9.17) is 9.84 Å². The maximum Gasteiger partial charge on any atom is 0.346 e. The summed E-state index contributed by atoms with van der Waals surface area (Å²) in [5, 5.41) is 21.8. The van der Waals surface area contributed by atoms with Gasteiger partial charge in [-0.2, -0.15) is 0 Å². The van der Waals surface area contributed by atoms with Crippen molar-refractivity contribution in [3.05, 3.63) is 55.3 Å². The van der Waals surface area contributed by atoms with Crippen LogP contribution in [0.25, 0.3) is 0 Å². The van der Waals surface area contributed by atoms with Crippen molar-refractivity contribution in [1.29, 1.82) is 0 Å². The van der Waals surface area contributed by atoms with Gasteiger partial charge in [-0.3, -0.25) is 10.1 Å². The highest BCUT2D eigenvalue weighted by Gasteiger charge is 2.20. The van der Waals surface area contributed by atoms with Crippen molar-refractivity contribution in [3.63, 3.8) is 0 Å². The molecule has 0 bridgehead atoms. The van der Waals surface area contributed by atoms with Gasteiger partial charge in [-0.1, -0.05) is 6.07 Å². The zero-order valence-corrected chi connectivity index (χ0v) is 12.3. The van der Waals surface area contributed by atoms with E-state index < -0.39 is 10.9 Å². The monoisotopic (exact) mass is 307 g/mol. The van der Waals surface area contributed by atoms with Crippen molar-refractivity contribution in [2.45, 2.75) is 20.5 Å². The molecule has 0 aliphatic rings. The number of hydrogen-bond donors (Lipinski definition) is 1. The molecule has 1 N–H and O–H groups in total. The Morgan fingerprint density at radius 1 is 1.43 bits per heavy atom. The van der Waals surface area contributed by atoms with Crippen LogP contribution in [0, 0.1) is 24.0 Å². The summed E-state index contributed by atoms with van der Waals surface area (Å²) >= 11 is 1.10. The summed E-state index contributed by atoms with van der Waals surface area (Å²) in [6.07, 6.45) is 0. The second kappa shape index (κ2) is 5.92. The van der Waals surface area contributed by atoms with Gasteiger partial charge in [-0.05, 0) is 36.4 Å². The lowest BCUT2D eigenvalue weighted by atomic mass is 10.1. The number of nitrogens with zero attached hydrogens (tertiary/aromatic N) is 1. The van der Waals surface area contributed by atoms with E-state index in [2.05, 4.69) is 0 Å². The van der Waals surface area contributed by atoms with Crippen molar-refractivity contribution in [2.24, 2.45) is 0 Å². The largest absolute Gasteiger partial charge is 0.482 e. The molecular weight excluding hydrogens is 294 g/mol. The highest BCUT2D eigenvalue weighted by molar-refractivity contribution is 7.12. The quantitative estimate of drug-likeness (QED) is 0.674. The molecule has 0 aliphatic heterocycles. The number of hydrogen-bond acceptors (Lipinski definition) is 5. The van der Waals surface area contributed by atoms with Crippen LogP contribution in [0.15, 0.2) is 23.6 Å². The Balaban J connectivity index is 2.30. The fourth-order valence-corrected chi connectivity index (χ4v) is 2.79. The number of aromatic carboxylic acids is 1. The molecule has 6 nitrogen and oxygen atoms in total. The van der Waals surface area contributed by atoms with Gasteiger partial charge in [0.15, 0.2) is 5.75 Å². The smallest absolute Gasteiger partial charge is 0.346 e. The molecule has 1 heterocycles. The predicted octanol–water partition coefficient (Wildman–Crippen LogP) is 3.55. The number of nitro benzene ring substituents is 1. The third kappa shape index (κ3) is 3.19. The molecule has 0 spiro atoms. The van der Waals surface area contributed by atoms with Crippen LogP contribution >= 0.6 is 11.3 Å². The number of carboxylic acid groups (broad SMARTS) is 1. The number of carbonyl (C=O) groups is 1. The number of carboxylic acids is 1. The van der Waals surface area contributed by atoms with Gasteiger partial charge in [0.25, 0.3) is 0 Å². The van der Waals surface area contributed by atoms with E-state index in [0.717, 1.165) is 16.9 Å². The molecule has 0 fully saturated rings. The Labute approximate surface area is 124 Å². The normalized spacial score (nSPS) is 10.4. The highest BCUT2D eigenvalue weighted by atomic mass is 32.1. The molecule has 7 heteroatoms. The second-order valence-electron chi connectivity index (χ2n) is 4.56. The van der Waals surface area contributed by atoms with Crippen molar-refractivity contribution < 1.29 is 19.6 Å². The molecule has 2 aromatic rings. The summed E-state index contributed by atoms with van der Waals surface area (Å²) in [7, 11) is 0. The summed E-state index contributed by atoms with van der Waals surface area (Å²) in [4.78, 5) is 21.8. The van der Waals surface area contributed by atoms with Crippen LogP contribution in [0.1, 0.15) is 26.4 Å². The zero-order valence-electron chi connectivity index (χ0n) is 11.5. The topological polar surface area (TPSA) is 89.7 Å². The maximum atomic E-state index is 11.1. The minimum Gasteiger partial charge on any atom is -0.482 e. The Morgan fingerprint density at radius 3 is 2.76 bits per heavy atom. The lowest BCUT2D eigenvalue weighted by molar-refractivity contribution is -0.386. The third-order valence-electron chi connectivity index (χ3n) is 2.91. The standard InChI is InChI=1S/C14H13NO5S/c1-8-5-9(2)12(11(6-8)15(18)19)20-7-10-3-4-21-13(10)14(16)17/h3-6H,7H2,1-2H3,(H,16,17). The van der Waals surface area contributed by atoms with Gasteiger partial charge in [0, 0.05) is 11.6 Å². The van der Waals surface area contributed by atoms with Gasteiger partial charge < -0.3 is 9.84 Å². The summed E-state index contributed by atoms with van der Waals surface area (Å²) in [5.74, 6) is -0.855. The van der Waals surface area contributed by atoms with Gasteiger partial charge >= 0.3 is 11.7 Å². The molecule has 1 aromatic carbocycles. The molecule has 2 rings (SSSR count). The average molecular weight is 307 g/mol. The molecule has 0 saturated carbocycles. The Morgan fingerprint density at radius 2 is 2.14 bits per heavy atom. The van der Waals surface area contributed by atoms with E-state index in [9.17, 15) is 14.9 Å². The molecular formula is C14H13NO5S. The summed E-state index contributed by atoms with van der Waals surface area (Å²) in [5.41, 5.74) is 1.81. The van der Waals surface area contributed by atoms with Crippen molar-refractivity contribution in [2.75, 3.05) is 0 Å². The van der Waals surface area contributed by atoms with E-state index in [1.807, 2.05) is 0 Å². The first kappa shape index (κ1) is 15.0. The fraction of sp³-hybridized carbons (Fsp3) is 0.214. The molecule has 1 aromatic heterocycles. The van der Waals surface area contributed by atoms with Crippen molar-refractivity contribution in [1.82, 2.24) is 0 Å². The number of ether oxygens (including phenoxy) is 1. The molecule has 0 amide bonds. The van der Waals surface area contributed by atoms with E-state index in [1.54, 1.807) is 31.4 Å². The summed E-state index contributed by atoms with van der Waals surface area (Å²) in [6, 6.07) is 4.87. The molecule has 0 saturated heterocycles. The molecule has 0 radical (unpaired) electrons. The molecule has 110 valence electrons. The highest BCUT2D eigenvalue weighted by Crippen LogP contribution is 2.33. The molecule has 0 atom stereocenters. The Kier molecular flexibility index (Phi) is 4.23. The Bertz CT molecular complexity index is 707. The number of aryl methyl sites for hydroxylation is 2. The number of benzene rings is 1. The van der Waals surface area contributed by atoms with E-state index in [-0.39, 0.29) is 22.9 Å². The van der Waals surface area contributed by atoms with Gasteiger partial charge in [0.05, 0.1) is 4.92 Å². The van der Waals surface area contributed by atoms with Gasteiger partial charge in [0.2, 0.25) is 0 Å². The molecule has 21 heavy (non-hydrogen) atoms. The summed E-state index contributed by atoms with van der Waals surface area (Å²) < 4.78 is 5.52. The lowest BCUT2D eigenvalue weighted by Gasteiger charge is -2.10. The minimum absolute atomic E-state index is 0.0180. The van der Waals surface area contributed by atoms with E-state index >= 15 is 0 Å². The first-order valence-electron chi connectivity index (χ1n) is 6.08. The van der Waals surface area contributed by atoms with Crippen LogP contribution in [-0.2, 0) is 6.61 Å². The van der Waals surface area contributed by atoms with Crippen LogP contribution in [-0.4, -0.2) is 16.0 Å². The van der Waals surface area contributed by atoms with Crippen molar-refractivity contribution in [3.8, 4) is 5.75 Å². The van der Waals surface area contributed by atoms with Gasteiger partial charge in [-0.25, -0.2) is 4.79 Å². The van der Waals surface area contributed by atoms with Crippen LogP contribution in [0.2, 0.25) is 0 Å². The third-order valence-corrected chi connectivity index (χ3v) is 3.85. The fourth-order valence-electron chi connectivity index (χ4n) is 2.04. The first-order chi connectivity index (χ1) is 9.90. The number of rotatable bonds is 5. The first-order valence-corrected chi connectivity index (χ1v) is 6.96. The maximum absolute atomic E-state index is 11.1. The average Bonchev–Trinajstić information content (AvgIpc) is 2.85. The van der Waals surface area contributed by atoms with Gasteiger partial charge in [0.1, 0.15) is 11.5 Å². The molecule has 0 unspecified atom stereocenters. The van der Waals surface area contributed by atoms with E-state index in [1.165, 1.54) is 6.07 Å². The number of nitro groups is 1. The van der Waals surface area contributed by atoms with Crippen molar-refractivity contribution >= 4 is 23.0 Å². The predicted molar refractivity (Wildman–Crippen MR) is 78.2 cm³/mol. The number of thiophene rings is 1. The van der Waals surface area contributed by atoms with Crippen LogP contribution in [0.3, 0.4) is 0 Å². The zero-order chi connectivity index (χ0) is 15.6. The SMILES string of the molecule is Cc1cc(C)c(OCc2ccsc2C(=O)O)c([N+](=O)[O-])c1. The van der Waals surface area contributed by atoms with Gasteiger partial charge in [-0.15, -0.1) is 11.3 Å². The van der Waals surface area contributed by atoms with Crippen LogP contribution in [0.4, 0.5) is 5.69 Å². The second-order valence-corrected chi connectivity index (χ2v) is 5.47. The van der Waals surface area contributed by atoms with E-state index in [0.29, 0.717) is 11.1 Å². The minimum atomic E-state index is -1.03. The Hall–Kier alpha value is -2.41. The lowest BCUT2D eigenvalue weighted by Crippen LogP contribution is -2.04.